The van der Waals surface area contributed by atoms with Crippen molar-refractivity contribution in [2.45, 2.75) is 197 Å². The minimum Gasteiger partial charge on any atom is -0.382 e. The number of benzene rings is 2. The van der Waals surface area contributed by atoms with E-state index in [1.54, 1.807) is 61.4 Å². The number of aromatic nitrogens is 6. The van der Waals surface area contributed by atoms with Crippen LogP contribution in [-0.2, 0) is 160 Å². The SMILES string of the molecule is COC[C@H]1O[C@@H]2O[C@H]3[C@H](OC)[C@@H](OC)[C@@H](O[C@H]4[C@H](OC)[C@@H](OC)[C@@H](O[C@H]5[C@H](OC)[C@@H](OC)[C@@H](O[C@H]6[C@H](OC)[C@@H](OC)[C@@H](O[C@H]7[C@H](OC)[C@@H](OC)[C@@H](O[C@H]1[C@H](OC)[C@H]2OC)O[C@@H]7COC)O[C@@H]6C[n+]1cc(-c2ccccc2)n(C)n1)O[C@@H]5COC)O[C@@H]4COC)O[C@@H]3C[n+]1cc(-c2ccccc2)n(C)n1. The fourth-order valence-corrected chi connectivity index (χ4v) is 15.7. The smallest absolute Gasteiger partial charge is 0.197 e. The molecule has 30 atom stereocenters. The molecule has 26 rings (SSSR count). The quantitative estimate of drug-likeness (QED) is 0.0759. The first-order valence-corrected chi connectivity index (χ1v) is 34.8. The van der Waals surface area contributed by atoms with E-state index in [0.717, 1.165) is 22.5 Å². The summed E-state index contributed by atoms with van der Waals surface area (Å²) in [6, 6.07) is 19.8. The molecule has 0 saturated carbocycles. The zero-order chi connectivity index (χ0) is 73.9. The zero-order valence-corrected chi connectivity index (χ0v) is 62.6. The molecule has 22 saturated heterocycles. The van der Waals surface area contributed by atoms with Gasteiger partial charge in [-0.1, -0.05) is 60.7 Å². The van der Waals surface area contributed by atoms with Gasteiger partial charge in [0.15, 0.2) is 61.5 Å². The minimum absolute atomic E-state index is 0.0388. The summed E-state index contributed by atoms with van der Waals surface area (Å²) in [5, 5.41) is 9.87. The summed E-state index contributed by atoms with van der Waals surface area (Å²) < 4.78 is 194. The molecular weight excluding hydrogens is 1370 g/mol. The average molecular weight is 1480 g/mol. The highest BCUT2D eigenvalue weighted by Crippen LogP contribution is 2.43. The molecule has 12 bridgehead atoms. The second-order valence-corrected chi connectivity index (χ2v) is 26.3. The molecule has 0 radical (unpaired) electrons. The van der Waals surface area contributed by atoms with Crippen LogP contribution >= 0.6 is 0 Å². The van der Waals surface area contributed by atoms with Crippen LogP contribution in [0, 0.1) is 0 Å². The van der Waals surface area contributed by atoms with Gasteiger partial charge in [0.05, 0.1) is 36.9 Å². The first kappa shape index (κ1) is 80.6. The van der Waals surface area contributed by atoms with Crippen LogP contribution in [0.2, 0.25) is 0 Å². The number of hydrogen-bond acceptors (Lipinski definition) is 30. The lowest BCUT2D eigenvalue weighted by Gasteiger charge is -2.53. The summed E-state index contributed by atoms with van der Waals surface area (Å²) in [4.78, 5) is 0. The Balaban J connectivity index is 1.03. The third kappa shape index (κ3) is 17.0. The molecule has 4 aromatic rings. The molecular formula is C70H108N6O28+2. The molecule has 24 heterocycles. The predicted molar refractivity (Wildman–Crippen MR) is 356 cm³/mol. The zero-order valence-electron chi connectivity index (χ0n) is 62.6. The van der Waals surface area contributed by atoms with Crippen molar-refractivity contribution >= 4 is 0 Å². The Morgan fingerprint density at radius 3 is 0.683 bits per heavy atom. The highest BCUT2D eigenvalue weighted by molar-refractivity contribution is 5.57. The maximum atomic E-state index is 7.30. The number of methoxy groups -OCH3 is 16. The Labute approximate surface area is 606 Å². The molecule has 2 aromatic carbocycles. The molecule has 22 aliphatic rings. The van der Waals surface area contributed by atoms with Gasteiger partial charge in [0.25, 0.3) is 0 Å². The third-order valence-corrected chi connectivity index (χ3v) is 20.5. The van der Waals surface area contributed by atoms with E-state index in [1.165, 1.54) is 71.1 Å². The fraction of sp³-hybridized carbons (Fsp3) is 0.771. The Hall–Kier alpha value is -4.40. The number of aryl methyl sites for hydroxylation is 2. The fourth-order valence-electron chi connectivity index (χ4n) is 15.7. The van der Waals surface area contributed by atoms with Gasteiger partial charge in [-0.05, 0) is 0 Å². The van der Waals surface area contributed by atoms with Crippen LogP contribution in [0.3, 0.4) is 0 Å². The standard InChI is InChI=1S/C70H108N6O28/c1-73-39(37-25-21-19-22-26-37)29-75(71-73)31-41-47-53(81-7)59(87-13)65(93-41)101-49-43(33-77-3)97-69(63(91-17)55(49)83-9)104-52-46(36-80-6)96-68(62(90-16)58(52)86-12)100-48-42(32-76-30-40(74(2)72-76)38-27-23-20-24-28-38)94-66(60(88-14)54(48)82-8)102-50-44(34-78-4)98-70(64(92-18)56(50)84-10)103-51-45(35-79-5)95-67(99-47)61(89-15)57(51)85-11/h19-30,41-70H,31-36H2,1-18H3/q+2/t41-,42-,43-,44-,45-,46-,47-,48-,49-,50-,51-,52-,53+,54+,55+,56+,57+,58+,59-,60-,61-,62-,63-,64-,65-,66-,67-,68-,69-,70-/m1/s1. The highest BCUT2D eigenvalue weighted by Gasteiger charge is 2.62. The van der Waals surface area contributed by atoms with Crippen molar-refractivity contribution in [2.24, 2.45) is 14.1 Å². The first-order valence-electron chi connectivity index (χ1n) is 34.8. The molecule has 34 nitrogen and oxygen atoms in total. The van der Waals surface area contributed by atoms with E-state index in [-0.39, 0.29) is 39.5 Å². The summed E-state index contributed by atoms with van der Waals surface area (Å²) in [6.45, 7) is -0.0168. The van der Waals surface area contributed by atoms with Crippen LogP contribution < -0.4 is 9.36 Å². The van der Waals surface area contributed by atoms with Crippen molar-refractivity contribution in [1.29, 1.82) is 0 Å². The summed E-state index contributed by atoms with van der Waals surface area (Å²) in [6.07, 6.45) is -27.6. The molecule has 2 aromatic heterocycles. The maximum Gasteiger partial charge on any atom is 0.197 e. The number of ether oxygens (including phenoxy) is 28. The van der Waals surface area contributed by atoms with Crippen molar-refractivity contribution in [3.8, 4) is 22.5 Å². The van der Waals surface area contributed by atoms with Crippen molar-refractivity contribution in [3.05, 3.63) is 73.1 Å². The van der Waals surface area contributed by atoms with E-state index in [1.807, 2.05) is 87.2 Å². The monoisotopic (exact) mass is 1480 g/mol. The van der Waals surface area contributed by atoms with Crippen LogP contribution in [0.15, 0.2) is 73.1 Å². The Morgan fingerprint density at radius 2 is 0.481 bits per heavy atom. The summed E-state index contributed by atoms with van der Waals surface area (Å²) in [5.41, 5.74) is 3.51. The number of hydrogen-bond donors (Lipinski definition) is 0. The van der Waals surface area contributed by atoms with E-state index >= 15 is 0 Å². The molecule has 0 amide bonds. The van der Waals surface area contributed by atoms with Crippen LogP contribution in [0.25, 0.3) is 22.5 Å². The molecule has 104 heavy (non-hydrogen) atoms. The summed E-state index contributed by atoms with van der Waals surface area (Å²) in [7, 11) is 28.3. The molecule has 584 valence electrons. The van der Waals surface area contributed by atoms with Crippen LogP contribution in [0.4, 0.5) is 0 Å². The lowest BCUT2D eigenvalue weighted by atomic mass is 9.94. The van der Waals surface area contributed by atoms with Gasteiger partial charge in [-0.25, -0.2) is 0 Å². The predicted octanol–water partition coefficient (Wildman–Crippen LogP) is 0.203. The second kappa shape index (κ2) is 37.8. The Kier molecular flexibility index (Phi) is 29.3. The average Bonchev–Trinajstić information content (AvgIpc) is 0.791. The molecule has 0 aliphatic carbocycles. The van der Waals surface area contributed by atoms with Gasteiger partial charge in [0.2, 0.25) is 0 Å². The van der Waals surface area contributed by atoms with Crippen molar-refractivity contribution in [3.63, 3.8) is 0 Å². The van der Waals surface area contributed by atoms with Crippen LogP contribution in [-0.4, -0.2) is 344 Å². The summed E-state index contributed by atoms with van der Waals surface area (Å²) >= 11 is 0. The van der Waals surface area contributed by atoms with Crippen molar-refractivity contribution in [1.82, 2.24) is 19.8 Å². The van der Waals surface area contributed by atoms with E-state index in [4.69, 9.17) is 143 Å². The first-order chi connectivity index (χ1) is 50.7. The van der Waals surface area contributed by atoms with Crippen molar-refractivity contribution < 1.29 is 142 Å². The molecule has 22 aliphatic heterocycles. The van der Waals surface area contributed by atoms with E-state index in [9.17, 15) is 0 Å². The largest absolute Gasteiger partial charge is 0.382 e. The van der Waals surface area contributed by atoms with Gasteiger partial charge < -0.3 is 133 Å². The maximum absolute atomic E-state index is 7.30. The molecule has 34 heteroatoms. The van der Waals surface area contributed by atoms with Gasteiger partial charge in [0.1, 0.15) is 174 Å². The minimum atomic E-state index is -1.25. The van der Waals surface area contributed by atoms with Gasteiger partial charge >= 0.3 is 0 Å². The van der Waals surface area contributed by atoms with Gasteiger partial charge in [-0.15, -0.1) is 18.7 Å². The van der Waals surface area contributed by atoms with E-state index < -0.39 is 184 Å². The third-order valence-electron chi connectivity index (χ3n) is 20.5. The number of rotatable bonds is 26. The normalized spacial score (nSPS) is 39.4. The van der Waals surface area contributed by atoms with Crippen LogP contribution in [0.5, 0.6) is 0 Å². The Bertz CT molecular complexity index is 2970. The molecule has 22 fully saturated rings. The Morgan fingerprint density at radius 1 is 0.279 bits per heavy atom. The molecule has 0 unspecified atom stereocenters. The highest BCUT2D eigenvalue weighted by atomic mass is 16.8. The van der Waals surface area contributed by atoms with Gasteiger partial charge in [0, 0.05) is 125 Å². The lowest BCUT2D eigenvalue weighted by molar-refractivity contribution is -0.763. The topological polar surface area (TPSA) is 302 Å². The van der Waals surface area contributed by atoms with Crippen LogP contribution in [0.1, 0.15) is 0 Å². The van der Waals surface area contributed by atoms with Gasteiger partial charge in [-0.2, -0.15) is 0 Å². The van der Waals surface area contributed by atoms with Crippen molar-refractivity contribution in [2.75, 3.05) is 140 Å². The second-order valence-electron chi connectivity index (χ2n) is 26.3. The molecule has 0 N–H and O–H groups in total. The lowest BCUT2D eigenvalue weighted by Crippen LogP contribution is -2.70. The summed E-state index contributed by atoms with van der Waals surface area (Å²) in [5.74, 6) is 0. The van der Waals surface area contributed by atoms with E-state index in [0.29, 0.717) is 0 Å². The molecule has 0 spiro atoms. The van der Waals surface area contributed by atoms with Gasteiger partial charge in [-0.3, -0.25) is 0 Å². The number of nitrogens with zero attached hydrogens (tertiary/aromatic N) is 6. The van der Waals surface area contributed by atoms with E-state index in [2.05, 4.69) is 0 Å².